The average molecular weight is 189 g/mol. The van der Waals surface area contributed by atoms with Crippen molar-refractivity contribution in [2.75, 3.05) is 0 Å². The minimum atomic E-state index is -0.0918. The van der Waals surface area contributed by atoms with Gasteiger partial charge >= 0.3 is 0 Å². The maximum atomic E-state index is 9.15. The molecule has 0 aromatic carbocycles. The molecule has 0 amide bonds. The molecular formula is C10H11N3O. The summed E-state index contributed by atoms with van der Waals surface area (Å²) < 4.78 is 0. The lowest BCUT2D eigenvalue weighted by Crippen LogP contribution is -1.95. The van der Waals surface area contributed by atoms with Crippen LogP contribution < -0.4 is 0 Å². The lowest BCUT2D eigenvalue weighted by molar-refractivity contribution is 0.453. The number of fused-ring (bicyclic) bond motifs is 1. The summed E-state index contributed by atoms with van der Waals surface area (Å²) in [5.74, 6) is 0.283. The maximum Gasteiger partial charge on any atom is 0.231 e. The van der Waals surface area contributed by atoms with Crippen LogP contribution in [-0.2, 0) is 0 Å². The molecule has 14 heavy (non-hydrogen) atoms. The molecule has 0 saturated heterocycles. The summed E-state index contributed by atoms with van der Waals surface area (Å²) in [6.45, 7) is 4.17. The molecule has 1 N–H and O–H groups in total. The molecule has 2 heterocycles. The van der Waals surface area contributed by atoms with Gasteiger partial charge in [-0.3, -0.25) is 0 Å². The fourth-order valence-electron chi connectivity index (χ4n) is 1.40. The second-order valence-electron chi connectivity index (χ2n) is 3.46. The summed E-state index contributed by atoms with van der Waals surface area (Å²) >= 11 is 0. The summed E-state index contributed by atoms with van der Waals surface area (Å²) in [7, 11) is 0. The van der Waals surface area contributed by atoms with Crippen molar-refractivity contribution >= 4 is 11.2 Å². The van der Waals surface area contributed by atoms with Crippen molar-refractivity contribution in [3.05, 3.63) is 24.0 Å². The Balaban J connectivity index is 2.75. The standard InChI is InChI=1S/C10H11N3O/c1-6(2)7-3-4-11-10-9(7)12-5-8(14)13-10/h3-6H,1-2H3,(H,11,13,14). The van der Waals surface area contributed by atoms with Gasteiger partial charge in [-0.05, 0) is 17.5 Å². The Hall–Kier alpha value is -1.71. The molecule has 0 unspecified atom stereocenters. The Morgan fingerprint density at radius 1 is 1.29 bits per heavy atom. The number of aromatic nitrogens is 3. The number of pyridine rings is 1. The molecule has 2 rings (SSSR count). The molecule has 0 fully saturated rings. The first kappa shape index (κ1) is 8.87. The van der Waals surface area contributed by atoms with Gasteiger partial charge in [0.05, 0.1) is 6.20 Å². The van der Waals surface area contributed by atoms with Crippen molar-refractivity contribution < 1.29 is 5.11 Å². The van der Waals surface area contributed by atoms with E-state index in [1.165, 1.54) is 6.20 Å². The molecule has 2 aromatic rings. The molecule has 0 aliphatic heterocycles. The number of hydrogen-bond donors (Lipinski definition) is 1. The second-order valence-corrected chi connectivity index (χ2v) is 3.46. The van der Waals surface area contributed by atoms with Gasteiger partial charge in [0.15, 0.2) is 5.65 Å². The van der Waals surface area contributed by atoms with Crippen LogP contribution in [0.4, 0.5) is 0 Å². The Morgan fingerprint density at radius 2 is 2.07 bits per heavy atom. The van der Waals surface area contributed by atoms with Gasteiger partial charge in [0.2, 0.25) is 5.88 Å². The van der Waals surface area contributed by atoms with E-state index in [4.69, 9.17) is 5.11 Å². The van der Waals surface area contributed by atoms with E-state index >= 15 is 0 Å². The molecule has 2 aromatic heterocycles. The van der Waals surface area contributed by atoms with E-state index in [1.807, 2.05) is 6.07 Å². The highest BCUT2D eigenvalue weighted by molar-refractivity contribution is 5.74. The Morgan fingerprint density at radius 3 is 2.79 bits per heavy atom. The third kappa shape index (κ3) is 1.39. The van der Waals surface area contributed by atoms with Crippen LogP contribution in [0.1, 0.15) is 25.3 Å². The normalized spacial score (nSPS) is 11.1. The van der Waals surface area contributed by atoms with E-state index in [1.54, 1.807) is 6.20 Å². The van der Waals surface area contributed by atoms with E-state index in [-0.39, 0.29) is 5.88 Å². The van der Waals surface area contributed by atoms with Gasteiger partial charge in [-0.15, -0.1) is 0 Å². The number of nitrogens with zero attached hydrogens (tertiary/aromatic N) is 3. The van der Waals surface area contributed by atoms with Gasteiger partial charge in [0, 0.05) is 6.20 Å². The third-order valence-electron chi connectivity index (χ3n) is 2.09. The van der Waals surface area contributed by atoms with Crippen LogP contribution in [0.25, 0.3) is 11.2 Å². The highest BCUT2D eigenvalue weighted by Crippen LogP contribution is 2.21. The molecule has 0 saturated carbocycles. The molecule has 4 nitrogen and oxygen atoms in total. The first-order valence-electron chi connectivity index (χ1n) is 4.49. The SMILES string of the molecule is CC(C)c1ccnc2nc(O)cnc12. The van der Waals surface area contributed by atoms with Crippen LogP contribution in [0.2, 0.25) is 0 Å². The van der Waals surface area contributed by atoms with Gasteiger partial charge in [-0.1, -0.05) is 13.8 Å². The van der Waals surface area contributed by atoms with Crippen molar-refractivity contribution in [1.82, 2.24) is 15.0 Å². The van der Waals surface area contributed by atoms with Gasteiger partial charge < -0.3 is 5.11 Å². The minimum absolute atomic E-state index is 0.0918. The molecule has 0 aliphatic carbocycles. The first-order chi connectivity index (χ1) is 6.68. The predicted octanol–water partition coefficient (Wildman–Crippen LogP) is 1.85. The molecule has 0 atom stereocenters. The van der Waals surface area contributed by atoms with E-state index < -0.39 is 0 Å². The van der Waals surface area contributed by atoms with Gasteiger partial charge in [0.1, 0.15) is 5.52 Å². The van der Waals surface area contributed by atoms with Crippen LogP contribution in [0.3, 0.4) is 0 Å². The highest BCUT2D eigenvalue weighted by atomic mass is 16.3. The van der Waals surface area contributed by atoms with Crippen LogP contribution in [-0.4, -0.2) is 20.1 Å². The topological polar surface area (TPSA) is 58.9 Å². The summed E-state index contributed by atoms with van der Waals surface area (Å²) in [5, 5.41) is 9.15. The molecule has 4 heteroatoms. The quantitative estimate of drug-likeness (QED) is 0.743. The smallest absolute Gasteiger partial charge is 0.231 e. The van der Waals surface area contributed by atoms with Crippen molar-refractivity contribution in [3.63, 3.8) is 0 Å². The van der Waals surface area contributed by atoms with E-state index in [0.717, 1.165) is 11.1 Å². The third-order valence-corrected chi connectivity index (χ3v) is 2.09. The average Bonchev–Trinajstić information content (AvgIpc) is 2.16. The summed E-state index contributed by atoms with van der Waals surface area (Å²) in [6, 6.07) is 1.93. The number of rotatable bonds is 1. The van der Waals surface area contributed by atoms with Gasteiger partial charge in [-0.2, -0.15) is 4.98 Å². The molecule has 0 aliphatic rings. The van der Waals surface area contributed by atoms with Crippen LogP contribution >= 0.6 is 0 Å². The summed E-state index contributed by atoms with van der Waals surface area (Å²) in [4.78, 5) is 12.1. The molecule has 0 radical (unpaired) electrons. The van der Waals surface area contributed by atoms with Crippen LogP contribution in [0.5, 0.6) is 5.88 Å². The zero-order valence-electron chi connectivity index (χ0n) is 8.10. The monoisotopic (exact) mass is 189 g/mol. The maximum absolute atomic E-state index is 9.15. The zero-order chi connectivity index (χ0) is 10.1. The summed E-state index contributed by atoms with van der Waals surface area (Å²) in [6.07, 6.45) is 3.03. The lowest BCUT2D eigenvalue weighted by atomic mass is 10.0. The van der Waals surface area contributed by atoms with Crippen molar-refractivity contribution in [2.45, 2.75) is 19.8 Å². The minimum Gasteiger partial charge on any atom is -0.492 e. The summed E-state index contributed by atoms with van der Waals surface area (Å²) in [5.41, 5.74) is 2.36. The largest absolute Gasteiger partial charge is 0.492 e. The fourth-order valence-corrected chi connectivity index (χ4v) is 1.40. The van der Waals surface area contributed by atoms with Gasteiger partial charge in [0.25, 0.3) is 0 Å². The molecular weight excluding hydrogens is 178 g/mol. The predicted molar refractivity (Wildman–Crippen MR) is 53.1 cm³/mol. The van der Waals surface area contributed by atoms with Crippen molar-refractivity contribution in [1.29, 1.82) is 0 Å². The molecule has 0 bridgehead atoms. The van der Waals surface area contributed by atoms with Crippen molar-refractivity contribution in [3.8, 4) is 5.88 Å². The first-order valence-corrected chi connectivity index (χ1v) is 4.49. The molecule has 72 valence electrons. The number of aromatic hydroxyl groups is 1. The fraction of sp³-hybridized carbons (Fsp3) is 0.300. The van der Waals surface area contributed by atoms with E-state index in [2.05, 4.69) is 28.8 Å². The Bertz CT molecular complexity index is 468. The zero-order valence-corrected chi connectivity index (χ0v) is 8.10. The number of hydrogen-bond acceptors (Lipinski definition) is 4. The van der Waals surface area contributed by atoms with Crippen LogP contribution in [0, 0.1) is 0 Å². The Kier molecular flexibility index (Phi) is 2.04. The molecule has 0 spiro atoms. The van der Waals surface area contributed by atoms with Gasteiger partial charge in [-0.25, -0.2) is 9.97 Å². The van der Waals surface area contributed by atoms with Crippen molar-refractivity contribution in [2.24, 2.45) is 0 Å². The van der Waals surface area contributed by atoms with Crippen LogP contribution in [0.15, 0.2) is 18.5 Å². The van der Waals surface area contributed by atoms with E-state index in [9.17, 15) is 0 Å². The lowest BCUT2D eigenvalue weighted by Gasteiger charge is -2.06. The highest BCUT2D eigenvalue weighted by Gasteiger charge is 2.08. The van der Waals surface area contributed by atoms with E-state index in [0.29, 0.717) is 11.6 Å². The Labute approximate surface area is 81.7 Å². The second kappa shape index (κ2) is 3.21.